The highest BCUT2D eigenvalue weighted by atomic mass is 32.2. The third kappa shape index (κ3) is 3.00. The van der Waals surface area contributed by atoms with Crippen LogP contribution in [0.25, 0.3) is 0 Å². The quantitative estimate of drug-likeness (QED) is 0.456. The van der Waals surface area contributed by atoms with Gasteiger partial charge >= 0.3 is 7.32 Å². The molecule has 0 aliphatic carbocycles. The predicted molar refractivity (Wildman–Crippen MR) is 47.1 cm³/mol. The van der Waals surface area contributed by atoms with Gasteiger partial charge in [-0.05, 0) is 24.3 Å². The molecule has 0 spiro atoms. The fourth-order valence-corrected chi connectivity index (χ4v) is 1.29. The van der Waals surface area contributed by atoms with E-state index in [9.17, 15) is 8.42 Å². The molecule has 8 heteroatoms. The minimum Gasteiger partial charge on any atom is -0.512 e. The number of benzene rings is 1. The monoisotopic (exact) mass is 218 g/mol. The van der Waals surface area contributed by atoms with Gasteiger partial charge in [0.05, 0.1) is 4.90 Å². The summed E-state index contributed by atoms with van der Waals surface area (Å²) in [5.41, 5.74) is 0. The lowest BCUT2D eigenvalue weighted by molar-refractivity contribution is 0.288. The van der Waals surface area contributed by atoms with E-state index >= 15 is 0 Å². The van der Waals surface area contributed by atoms with Crippen molar-refractivity contribution >= 4 is 17.4 Å². The molecule has 0 saturated heterocycles. The molecule has 76 valence electrons. The highest BCUT2D eigenvalue weighted by Crippen LogP contribution is 2.15. The summed E-state index contributed by atoms with van der Waals surface area (Å²) in [4.78, 5) is -0.294. The van der Waals surface area contributed by atoms with E-state index < -0.39 is 17.4 Å². The maximum atomic E-state index is 10.6. The average molecular weight is 218 g/mol. The first kappa shape index (κ1) is 11.0. The lowest BCUT2D eigenvalue weighted by Gasteiger charge is -2.04. The minimum absolute atomic E-state index is 0.0763. The standard InChI is InChI=1S/C6H7BO6S/c8-7(9)13-5-1-3-6(4-2-5)14(10,11)12/h1-4,8-9H,(H,10,11,12). The summed E-state index contributed by atoms with van der Waals surface area (Å²) in [6, 6.07) is 4.52. The number of rotatable bonds is 3. The normalized spacial score (nSPS) is 11.1. The van der Waals surface area contributed by atoms with Crippen LogP contribution >= 0.6 is 0 Å². The predicted octanol–water partition coefficient (Wildman–Crippen LogP) is -0.718. The molecule has 6 nitrogen and oxygen atoms in total. The minimum atomic E-state index is -4.23. The maximum Gasteiger partial charge on any atom is 0.707 e. The zero-order valence-corrected chi connectivity index (χ0v) is 7.68. The molecule has 3 N–H and O–H groups in total. The van der Waals surface area contributed by atoms with E-state index in [4.69, 9.17) is 14.6 Å². The summed E-state index contributed by atoms with van der Waals surface area (Å²) >= 11 is 0. The summed E-state index contributed by atoms with van der Waals surface area (Å²) < 4.78 is 34.2. The second kappa shape index (κ2) is 3.97. The van der Waals surface area contributed by atoms with E-state index in [0.717, 1.165) is 12.1 Å². The van der Waals surface area contributed by atoms with Gasteiger partial charge in [0.15, 0.2) is 0 Å². The number of hydrogen-bond acceptors (Lipinski definition) is 5. The van der Waals surface area contributed by atoms with Crippen LogP contribution in [0.4, 0.5) is 0 Å². The second-order valence-corrected chi connectivity index (χ2v) is 3.81. The molecule has 14 heavy (non-hydrogen) atoms. The first-order chi connectivity index (χ1) is 6.39. The molecule has 0 aliphatic rings. The van der Waals surface area contributed by atoms with Crippen LogP contribution in [0.2, 0.25) is 0 Å². The van der Waals surface area contributed by atoms with Gasteiger partial charge in [-0.3, -0.25) is 4.55 Å². The molecule has 0 aromatic heterocycles. The van der Waals surface area contributed by atoms with Gasteiger partial charge in [-0.25, -0.2) is 0 Å². The third-order valence-electron chi connectivity index (χ3n) is 1.36. The van der Waals surface area contributed by atoms with Gasteiger partial charge in [0.1, 0.15) is 5.75 Å². The Bertz CT molecular complexity index is 397. The van der Waals surface area contributed by atoms with Crippen LogP contribution in [0.15, 0.2) is 29.2 Å². The van der Waals surface area contributed by atoms with Crippen molar-refractivity contribution in [1.29, 1.82) is 0 Å². The number of hydrogen-bond donors (Lipinski definition) is 3. The van der Waals surface area contributed by atoms with Gasteiger partial charge in [0, 0.05) is 0 Å². The Morgan fingerprint density at radius 3 is 2.00 bits per heavy atom. The zero-order valence-electron chi connectivity index (χ0n) is 6.86. The van der Waals surface area contributed by atoms with Gasteiger partial charge < -0.3 is 14.7 Å². The molecule has 0 saturated carbocycles. The van der Waals surface area contributed by atoms with Gasteiger partial charge in [0.2, 0.25) is 0 Å². The highest BCUT2D eigenvalue weighted by Gasteiger charge is 2.13. The molecule has 0 bridgehead atoms. The molecule has 0 amide bonds. The van der Waals surface area contributed by atoms with Crippen molar-refractivity contribution in [3.05, 3.63) is 24.3 Å². The lowest BCUT2D eigenvalue weighted by atomic mass is 10.2. The molecule has 0 fully saturated rings. The maximum absolute atomic E-state index is 10.6. The Labute approximate surface area is 80.7 Å². The van der Waals surface area contributed by atoms with E-state index in [1.54, 1.807) is 0 Å². The second-order valence-electron chi connectivity index (χ2n) is 2.39. The van der Waals surface area contributed by atoms with Crippen molar-refractivity contribution in [3.8, 4) is 5.75 Å². The Morgan fingerprint density at radius 2 is 1.64 bits per heavy atom. The molecule has 1 aromatic rings. The van der Waals surface area contributed by atoms with Gasteiger partial charge in [-0.2, -0.15) is 8.42 Å². The summed E-state index contributed by atoms with van der Waals surface area (Å²) in [6.45, 7) is 0. The smallest absolute Gasteiger partial charge is 0.512 e. The molecule has 0 aliphatic heterocycles. The van der Waals surface area contributed by atoms with Crippen LogP contribution in [0, 0.1) is 0 Å². The van der Waals surface area contributed by atoms with Crippen LogP contribution in [0.1, 0.15) is 0 Å². The van der Waals surface area contributed by atoms with Crippen LogP contribution in [-0.4, -0.2) is 30.3 Å². The van der Waals surface area contributed by atoms with Gasteiger partial charge in [0.25, 0.3) is 10.1 Å². The van der Waals surface area contributed by atoms with E-state index in [1.807, 2.05) is 0 Å². The average Bonchev–Trinajstić information content (AvgIpc) is 2.02. The van der Waals surface area contributed by atoms with Gasteiger partial charge in [-0.1, -0.05) is 0 Å². The molecule has 1 aromatic carbocycles. The molecule has 0 radical (unpaired) electrons. The van der Waals surface area contributed by atoms with Crippen molar-refractivity contribution in [3.63, 3.8) is 0 Å². The summed E-state index contributed by atoms with van der Waals surface area (Å²) in [7, 11) is -6.19. The van der Waals surface area contributed by atoms with Crippen molar-refractivity contribution in [2.45, 2.75) is 4.90 Å². The van der Waals surface area contributed by atoms with Crippen molar-refractivity contribution in [2.24, 2.45) is 0 Å². The highest BCUT2D eigenvalue weighted by molar-refractivity contribution is 7.85. The Morgan fingerprint density at radius 1 is 1.14 bits per heavy atom. The van der Waals surface area contributed by atoms with E-state index in [0.29, 0.717) is 0 Å². The Hall–Kier alpha value is -1.09. The largest absolute Gasteiger partial charge is 0.707 e. The molecular formula is C6H7BO6S. The van der Waals surface area contributed by atoms with Crippen molar-refractivity contribution in [1.82, 2.24) is 0 Å². The summed E-state index contributed by atoms with van der Waals surface area (Å²) in [5, 5.41) is 16.8. The van der Waals surface area contributed by atoms with Crippen LogP contribution in [0.5, 0.6) is 5.75 Å². The first-order valence-corrected chi connectivity index (χ1v) is 4.94. The van der Waals surface area contributed by atoms with Gasteiger partial charge in [-0.15, -0.1) is 0 Å². The molecule has 0 unspecified atom stereocenters. The summed E-state index contributed by atoms with van der Waals surface area (Å²) in [5.74, 6) is 0.0763. The fourth-order valence-electron chi connectivity index (χ4n) is 0.812. The van der Waals surface area contributed by atoms with Crippen LogP contribution in [-0.2, 0) is 10.1 Å². The lowest BCUT2D eigenvalue weighted by Crippen LogP contribution is -2.20. The molecular weight excluding hydrogens is 211 g/mol. The molecule has 0 heterocycles. The Kier molecular flexibility index (Phi) is 3.12. The van der Waals surface area contributed by atoms with Crippen molar-refractivity contribution < 1.29 is 27.7 Å². The van der Waals surface area contributed by atoms with Crippen molar-refractivity contribution in [2.75, 3.05) is 0 Å². The zero-order chi connectivity index (χ0) is 10.8. The van der Waals surface area contributed by atoms with E-state index in [-0.39, 0.29) is 10.6 Å². The van der Waals surface area contributed by atoms with E-state index in [1.165, 1.54) is 12.1 Å². The molecule has 0 atom stereocenters. The SMILES string of the molecule is O=S(=O)(O)c1ccc(OB(O)O)cc1. The topological polar surface area (TPSA) is 104 Å². The van der Waals surface area contributed by atoms with E-state index in [2.05, 4.69) is 4.65 Å². The summed E-state index contributed by atoms with van der Waals surface area (Å²) in [6.07, 6.45) is 0. The Balaban J connectivity index is 2.90. The fraction of sp³-hybridized carbons (Fsp3) is 0. The van der Waals surface area contributed by atoms with Crippen LogP contribution < -0.4 is 4.65 Å². The van der Waals surface area contributed by atoms with Crippen LogP contribution in [0.3, 0.4) is 0 Å². The third-order valence-corrected chi connectivity index (χ3v) is 2.23. The molecule has 1 rings (SSSR count). The first-order valence-electron chi connectivity index (χ1n) is 3.50.